The van der Waals surface area contributed by atoms with Gasteiger partial charge in [-0.2, -0.15) is 0 Å². The fourth-order valence-electron chi connectivity index (χ4n) is 1.71. The maximum Gasteiger partial charge on any atom is 0.0601 e. The quantitative estimate of drug-likeness (QED) is 0.476. The Kier molecular flexibility index (Phi) is 8.16. The molecule has 0 aliphatic heterocycles. The van der Waals surface area contributed by atoms with E-state index in [9.17, 15) is 0 Å². The van der Waals surface area contributed by atoms with Gasteiger partial charge in [-0.15, -0.1) is 0 Å². The summed E-state index contributed by atoms with van der Waals surface area (Å²) >= 11 is 13.9. The van der Waals surface area contributed by atoms with E-state index in [1.807, 2.05) is 19.1 Å². The van der Waals surface area contributed by atoms with Crippen LogP contribution in [0.25, 0.3) is 0 Å². The van der Waals surface area contributed by atoms with Crippen molar-refractivity contribution in [1.82, 2.24) is 4.72 Å². The van der Waals surface area contributed by atoms with Gasteiger partial charge < -0.3 is 0 Å². The lowest BCUT2D eigenvalue weighted by Crippen LogP contribution is -2.05. The molecule has 0 aromatic heterocycles. The van der Waals surface area contributed by atoms with Gasteiger partial charge in [-0.05, 0) is 43.0 Å². The Morgan fingerprint density at radius 3 is 2.28 bits per heavy atom. The number of nitrogens with one attached hydrogen (secondary N) is 1. The van der Waals surface area contributed by atoms with Gasteiger partial charge in [0.1, 0.15) is 0 Å². The van der Waals surface area contributed by atoms with E-state index in [4.69, 9.17) is 23.2 Å². The number of aryl methyl sites for hydroxylation is 1. The van der Waals surface area contributed by atoms with Crippen LogP contribution in [0.4, 0.5) is 0 Å². The zero-order chi connectivity index (χ0) is 13.4. The molecule has 18 heavy (non-hydrogen) atoms. The lowest BCUT2D eigenvalue weighted by atomic mass is 10.2. The molecule has 1 nitrogen and oxygen atoms in total. The minimum absolute atomic E-state index is 0.725. The first-order valence-electron chi connectivity index (χ1n) is 6.50. The molecule has 0 saturated heterocycles. The standard InChI is InChI=1S/C14H21Cl2NS/c1-3-4-5-6-7-8-17-18-14-12(15)9-11(2)10-13(14)16/h9-10,17H,3-8H2,1-2H3. The summed E-state index contributed by atoms with van der Waals surface area (Å²) in [7, 11) is 0. The monoisotopic (exact) mass is 305 g/mol. The van der Waals surface area contributed by atoms with Crippen molar-refractivity contribution in [2.24, 2.45) is 0 Å². The number of hydrogen-bond donors (Lipinski definition) is 1. The molecule has 1 aromatic rings. The molecule has 0 radical (unpaired) electrons. The van der Waals surface area contributed by atoms with E-state index in [0.29, 0.717) is 0 Å². The molecular weight excluding hydrogens is 285 g/mol. The van der Waals surface area contributed by atoms with Crippen molar-refractivity contribution in [3.8, 4) is 0 Å². The van der Waals surface area contributed by atoms with E-state index in [1.165, 1.54) is 44.1 Å². The Balaban J connectivity index is 2.27. The van der Waals surface area contributed by atoms with Crippen LogP contribution in [0.15, 0.2) is 17.0 Å². The lowest BCUT2D eigenvalue weighted by molar-refractivity contribution is 0.630. The maximum absolute atomic E-state index is 6.17. The molecule has 0 bridgehead atoms. The minimum Gasteiger partial charge on any atom is -0.260 e. The van der Waals surface area contributed by atoms with Gasteiger partial charge in [0.2, 0.25) is 0 Å². The molecule has 0 heterocycles. The largest absolute Gasteiger partial charge is 0.260 e. The Bertz CT molecular complexity index is 346. The molecule has 1 rings (SSSR count). The van der Waals surface area contributed by atoms with Crippen LogP contribution in [-0.4, -0.2) is 6.54 Å². The van der Waals surface area contributed by atoms with Crippen molar-refractivity contribution in [3.63, 3.8) is 0 Å². The first-order valence-corrected chi connectivity index (χ1v) is 8.07. The summed E-state index contributed by atoms with van der Waals surface area (Å²) < 4.78 is 3.33. The van der Waals surface area contributed by atoms with Gasteiger partial charge in [0.15, 0.2) is 0 Å². The van der Waals surface area contributed by atoms with E-state index in [2.05, 4.69) is 11.6 Å². The van der Waals surface area contributed by atoms with E-state index in [-0.39, 0.29) is 0 Å². The Hall–Kier alpha value is 0.110. The molecule has 0 unspecified atom stereocenters. The van der Waals surface area contributed by atoms with Gasteiger partial charge in [0, 0.05) is 6.54 Å². The second-order valence-corrected chi connectivity index (χ2v) is 6.18. The Morgan fingerprint density at radius 2 is 1.67 bits per heavy atom. The first-order chi connectivity index (χ1) is 8.65. The van der Waals surface area contributed by atoms with Gasteiger partial charge in [-0.3, -0.25) is 4.72 Å². The summed E-state index contributed by atoms with van der Waals surface area (Å²) in [6.07, 6.45) is 6.44. The number of benzene rings is 1. The van der Waals surface area contributed by atoms with Crippen molar-refractivity contribution in [1.29, 1.82) is 0 Å². The van der Waals surface area contributed by atoms with Crippen LogP contribution in [0.2, 0.25) is 10.0 Å². The van der Waals surface area contributed by atoms with Crippen molar-refractivity contribution < 1.29 is 0 Å². The molecule has 1 aromatic carbocycles. The predicted octanol–water partition coefficient (Wildman–Crippen LogP) is 5.87. The van der Waals surface area contributed by atoms with Crippen LogP contribution < -0.4 is 4.72 Å². The molecule has 0 spiro atoms. The zero-order valence-electron chi connectivity index (χ0n) is 11.1. The van der Waals surface area contributed by atoms with Gasteiger partial charge in [-0.25, -0.2) is 0 Å². The summed E-state index contributed by atoms with van der Waals surface area (Å²) in [4.78, 5) is 0.928. The van der Waals surface area contributed by atoms with Crippen molar-refractivity contribution in [2.45, 2.75) is 50.8 Å². The topological polar surface area (TPSA) is 12.0 Å². The maximum atomic E-state index is 6.17. The van der Waals surface area contributed by atoms with E-state index >= 15 is 0 Å². The van der Waals surface area contributed by atoms with E-state index in [1.54, 1.807) is 0 Å². The highest BCUT2D eigenvalue weighted by Gasteiger charge is 2.07. The van der Waals surface area contributed by atoms with Gasteiger partial charge >= 0.3 is 0 Å². The SMILES string of the molecule is CCCCCCCNSc1c(Cl)cc(C)cc1Cl. The average molecular weight is 306 g/mol. The molecule has 0 atom stereocenters. The predicted molar refractivity (Wildman–Crippen MR) is 83.8 cm³/mol. The van der Waals surface area contributed by atoms with Crippen molar-refractivity contribution in [3.05, 3.63) is 27.7 Å². The number of halogens is 2. The first kappa shape index (κ1) is 16.2. The molecule has 0 saturated carbocycles. The highest BCUT2D eigenvalue weighted by Crippen LogP contribution is 2.33. The molecule has 0 aliphatic rings. The average Bonchev–Trinajstić information content (AvgIpc) is 2.30. The normalized spacial score (nSPS) is 10.9. The highest BCUT2D eigenvalue weighted by molar-refractivity contribution is 7.97. The fraction of sp³-hybridized carbons (Fsp3) is 0.571. The third-order valence-electron chi connectivity index (χ3n) is 2.70. The Labute approximate surface area is 125 Å². The summed E-state index contributed by atoms with van der Waals surface area (Å²) in [6.45, 7) is 5.22. The molecule has 0 aliphatic carbocycles. The second kappa shape index (κ2) is 9.08. The summed E-state index contributed by atoms with van der Waals surface area (Å²) in [5, 5.41) is 1.45. The van der Waals surface area contributed by atoms with Crippen LogP contribution in [0.3, 0.4) is 0 Å². The van der Waals surface area contributed by atoms with Crippen LogP contribution in [0.5, 0.6) is 0 Å². The number of unbranched alkanes of at least 4 members (excludes halogenated alkanes) is 4. The molecule has 0 amide bonds. The van der Waals surface area contributed by atoms with Crippen LogP contribution in [0, 0.1) is 6.92 Å². The molecule has 102 valence electrons. The van der Waals surface area contributed by atoms with Gasteiger partial charge in [-0.1, -0.05) is 55.8 Å². The molecular formula is C14H21Cl2NS. The molecule has 0 fully saturated rings. The van der Waals surface area contributed by atoms with Gasteiger partial charge in [0.05, 0.1) is 14.9 Å². The number of rotatable bonds is 8. The molecule has 4 heteroatoms. The Morgan fingerprint density at radius 1 is 1.06 bits per heavy atom. The third-order valence-corrected chi connectivity index (χ3v) is 4.51. The highest BCUT2D eigenvalue weighted by atomic mass is 35.5. The number of hydrogen-bond acceptors (Lipinski definition) is 2. The smallest absolute Gasteiger partial charge is 0.0601 e. The lowest BCUT2D eigenvalue weighted by Gasteiger charge is -2.08. The summed E-state index contributed by atoms with van der Waals surface area (Å²) in [5.74, 6) is 0. The van der Waals surface area contributed by atoms with Crippen LogP contribution >= 0.6 is 35.1 Å². The fourth-order valence-corrected chi connectivity index (χ4v) is 3.24. The minimum atomic E-state index is 0.725. The van der Waals surface area contributed by atoms with Gasteiger partial charge in [0.25, 0.3) is 0 Å². The van der Waals surface area contributed by atoms with E-state index in [0.717, 1.165) is 27.0 Å². The summed E-state index contributed by atoms with van der Waals surface area (Å²) in [5.41, 5.74) is 1.09. The second-order valence-electron chi connectivity index (χ2n) is 4.47. The third kappa shape index (κ3) is 5.83. The van der Waals surface area contributed by atoms with Crippen molar-refractivity contribution in [2.75, 3.05) is 6.54 Å². The van der Waals surface area contributed by atoms with Crippen LogP contribution in [0.1, 0.15) is 44.6 Å². The summed E-state index contributed by atoms with van der Waals surface area (Å²) in [6, 6.07) is 3.89. The van der Waals surface area contributed by atoms with Crippen molar-refractivity contribution >= 4 is 35.1 Å². The van der Waals surface area contributed by atoms with E-state index < -0.39 is 0 Å². The zero-order valence-corrected chi connectivity index (χ0v) is 13.4. The van der Waals surface area contributed by atoms with Crippen LogP contribution in [-0.2, 0) is 0 Å². The molecule has 1 N–H and O–H groups in total.